The maximum Gasteiger partial charge on any atom is 0.165 e. The molecule has 0 aliphatic carbocycles. The zero-order valence-corrected chi connectivity index (χ0v) is 6.12. The Morgan fingerprint density at radius 3 is 1.50 bits per heavy atom. The summed E-state index contributed by atoms with van der Waals surface area (Å²) in [6.45, 7) is 2.92. The topological polar surface area (TPSA) is 60.2 Å². The van der Waals surface area contributed by atoms with Gasteiger partial charge in [0, 0.05) is 6.26 Å². The molecule has 0 aromatic carbocycles. The summed E-state index contributed by atoms with van der Waals surface area (Å²) in [6.07, 6.45) is 1.12. The van der Waals surface area contributed by atoms with Crippen molar-refractivity contribution in [1.29, 1.82) is 0 Å². The quantitative estimate of drug-likeness (QED) is 0.541. The molecule has 0 heterocycles. The fourth-order valence-corrected chi connectivity index (χ4v) is 0. The molecule has 0 saturated carbocycles. The molecule has 8 heavy (non-hydrogen) atoms. The highest BCUT2D eigenvalue weighted by Gasteiger charge is 2.23. The van der Waals surface area contributed by atoms with Crippen molar-refractivity contribution in [1.82, 2.24) is 0 Å². The van der Waals surface area contributed by atoms with E-state index in [2.05, 4.69) is 0 Å². The fourth-order valence-electron chi connectivity index (χ4n) is 0. The van der Waals surface area contributed by atoms with Crippen molar-refractivity contribution in [2.75, 3.05) is 6.26 Å². The average Bonchev–Trinajstić information content (AvgIpc) is 1.25. The second-order valence-electron chi connectivity index (χ2n) is 2.38. The first kappa shape index (κ1) is 7.91. The van der Waals surface area contributed by atoms with Gasteiger partial charge in [-0.25, -0.2) is 8.42 Å². The second-order valence-corrected chi connectivity index (χ2v) is 4.97. The lowest BCUT2D eigenvalue weighted by molar-refractivity contribution is 0.559. The van der Waals surface area contributed by atoms with Gasteiger partial charge >= 0.3 is 0 Å². The van der Waals surface area contributed by atoms with Gasteiger partial charge in [-0.15, -0.1) is 0 Å². The lowest BCUT2D eigenvalue weighted by Crippen LogP contribution is -2.40. The Morgan fingerprint density at radius 1 is 1.38 bits per heavy atom. The minimum Gasteiger partial charge on any atom is -0.313 e. The molecule has 0 aliphatic rings. The molecule has 0 unspecified atom stereocenters. The largest absolute Gasteiger partial charge is 0.313 e. The van der Waals surface area contributed by atoms with Gasteiger partial charge in [0.25, 0.3) is 0 Å². The number of hydrogen-bond acceptors (Lipinski definition) is 3. The zero-order chi connectivity index (χ0) is 7.00. The molecule has 0 amide bonds. The van der Waals surface area contributed by atoms with Crippen LogP contribution >= 0.6 is 0 Å². The van der Waals surface area contributed by atoms with E-state index in [-0.39, 0.29) is 0 Å². The third-order valence-corrected chi connectivity index (χ3v) is 2.87. The van der Waals surface area contributed by atoms with Crippen molar-refractivity contribution < 1.29 is 8.42 Å². The smallest absolute Gasteiger partial charge is 0.165 e. The molecule has 2 N–H and O–H groups in total. The van der Waals surface area contributed by atoms with Gasteiger partial charge in [-0.3, -0.25) is 0 Å². The van der Waals surface area contributed by atoms with Crippen molar-refractivity contribution in [3.63, 3.8) is 0 Å². The van der Waals surface area contributed by atoms with Crippen molar-refractivity contribution in [3.8, 4) is 0 Å². The van der Waals surface area contributed by atoms with Gasteiger partial charge in [0.05, 0.1) is 0 Å². The van der Waals surface area contributed by atoms with E-state index in [1.165, 1.54) is 13.8 Å². The van der Waals surface area contributed by atoms with Gasteiger partial charge in [-0.1, -0.05) is 0 Å². The predicted molar refractivity (Wildman–Crippen MR) is 33.1 cm³/mol. The normalized spacial score (nSPS) is 14.0. The highest BCUT2D eigenvalue weighted by Crippen LogP contribution is 2.04. The van der Waals surface area contributed by atoms with Gasteiger partial charge < -0.3 is 5.73 Å². The van der Waals surface area contributed by atoms with Gasteiger partial charge in [-0.05, 0) is 13.8 Å². The first-order valence-electron chi connectivity index (χ1n) is 2.23. The summed E-state index contributed by atoms with van der Waals surface area (Å²) in [5.74, 6) is 0. The van der Waals surface area contributed by atoms with E-state index in [1.807, 2.05) is 0 Å². The summed E-state index contributed by atoms with van der Waals surface area (Å²) in [4.78, 5) is -1.09. The number of sulfone groups is 1. The van der Waals surface area contributed by atoms with E-state index in [9.17, 15) is 8.42 Å². The highest BCUT2D eigenvalue weighted by atomic mass is 32.2. The Balaban J connectivity index is 4.53. The Hall–Kier alpha value is -0.0900. The van der Waals surface area contributed by atoms with Crippen LogP contribution in [-0.2, 0) is 9.84 Å². The van der Waals surface area contributed by atoms with Crippen LogP contribution < -0.4 is 5.73 Å². The van der Waals surface area contributed by atoms with Gasteiger partial charge in [0.1, 0.15) is 4.87 Å². The first-order valence-corrected chi connectivity index (χ1v) is 4.13. The molecule has 0 rings (SSSR count). The molecule has 0 spiro atoms. The number of nitrogens with two attached hydrogens (primary N) is 1. The fraction of sp³-hybridized carbons (Fsp3) is 1.00. The van der Waals surface area contributed by atoms with Gasteiger partial charge in [-0.2, -0.15) is 0 Å². The maximum atomic E-state index is 10.5. The maximum absolute atomic E-state index is 10.5. The van der Waals surface area contributed by atoms with E-state index in [1.54, 1.807) is 0 Å². The van der Waals surface area contributed by atoms with Crippen LogP contribution in [0.15, 0.2) is 0 Å². The molecule has 0 saturated heterocycles. The standard InChI is InChI=1S/C4H11NO2S/c1-4(2,5)8(3,6)7/h5H2,1-3H3. The van der Waals surface area contributed by atoms with Crippen LogP contribution in [0.3, 0.4) is 0 Å². The monoisotopic (exact) mass is 137 g/mol. The third kappa shape index (κ3) is 1.79. The lowest BCUT2D eigenvalue weighted by Gasteiger charge is -2.14. The van der Waals surface area contributed by atoms with E-state index in [0.717, 1.165) is 6.26 Å². The van der Waals surface area contributed by atoms with Crippen LogP contribution in [0.1, 0.15) is 13.8 Å². The predicted octanol–water partition coefficient (Wildman–Crippen LogP) is -0.274. The average molecular weight is 137 g/mol. The number of hydrogen-bond donors (Lipinski definition) is 1. The van der Waals surface area contributed by atoms with Crippen LogP contribution in [0.4, 0.5) is 0 Å². The van der Waals surface area contributed by atoms with Crippen molar-refractivity contribution in [2.24, 2.45) is 5.73 Å². The van der Waals surface area contributed by atoms with Crippen LogP contribution in [0.5, 0.6) is 0 Å². The van der Waals surface area contributed by atoms with Crippen LogP contribution in [0, 0.1) is 0 Å². The summed E-state index contributed by atoms with van der Waals surface area (Å²) in [7, 11) is -3.06. The van der Waals surface area contributed by atoms with E-state index < -0.39 is 14.7 Å². The molecule has 0 atom stereocenters. The summed E-state index contributed by atoms with van der Waals surface area (Å²) in [5, 5.41) is 0. The summed E-state index contributed by atoms with van der Waals surface area (Å²) in [5.41, 5.74) is 5.22. The Bertz CT molecular complexity index is 163. The lowest BCUT2D eigenvalue weighted by atomic mass is 10.4. The number of rotatable bonds is 1. The highest BCUT2D eigenvalue weighted by molar-refractivity contribution is 7.92. The van der Waals surface area contributed by atoms with Crippen LogP contribution in [-0.4, -0.2) is 19.5 Å². The SMILES string of the molecule is CC(C)(N)S(C)(=O)=O. The molecule has 0 aromatic rings. The Morgan fingerprint density at radius 2 is 1.50 bits per heavy atom. The zero-order valence-electron chi connectivity index (χ0n) is 5.30. The minimum atomic E-state index is -3.06. The molecule has 0 aliphatic heterocycles. The van der Waals surface area contributed by atoms with Crippen molar-refractivity contribution >= 4 is 9.84 Å². The minimum absolute atomic E-state index is 1.09. The Kier molecular flexibility index (Phi) is 1.68. The molecule has 4 heteroatoms. The van der Waals surface area contributed by atoms with Crippen LogP contribution in [0.25, 0.3) is 0 Å². The second kappa shape index (κ2) is 1.70. The van der Waals surface area contributed by atoms with E-state index in [0.29, 0.717) is 0 Å². The molecule has 50 valence electrons. The first-order chi connectivity index (χ1) is 3.25. The molecule has 0 aromatic heterocycles. The molecule has 0 radical (unpaired) electrons. The molecular formula is C4H11NO2S. The van der Waals surface area contributed by atoms with E-state index in [4.69, 9.17) is 5.73 Å². The van der Waals surface area contributed by atoms with Crippen molar-refractivity contribution in [2.45, 2.75) is 18.7 Å². The third-order valence-electron chi connectivity index (χ3n) is 0.956. The Labute approximate surface area is 49.8 Å². The van der Waals surface area contributed by atoms with Crippen LogP contribution in [0.2, 0.25) is 0 Å². The van der Waals surface area contributed by atoms with Gasteiger partial charge in [0.2, 0.25) is 0 Å². The molecule has 3 nitrogen and oxygen atoms in total. The molecular weight excluding hydrogens is 126 g/mol. The van der Waals surface area contributed by atoms with Gasteiger partial charge in [0.15, 0.2) is 9.84 Å². The summed E-state index contributed by atoms with van der Waals surface area (Å²) < 4.78 is 21.1. The van der Waals surface area contributed by atoms with E-state index >= 15 is 0 Å². The van der Waals surface area contributed by atoms with Crippen molar-refractivity contribution in [3.05, 3.63) is 0 Å². The summed E-state index contributed by atoms with van der Waals surface area (Å²) >= 11 is 0. The molecule has 0 bridgehead atoms. The molecule has 0 fully saturated rings. The summed E-state index contributed by atoms with van der Waals surface area (Å²) in [6, 6.07) is 0.